The molecule has 114 valence electrons. The van der Waals surface area contributed by atoms with Crippen LogP contribution in [-0.4, -0.2) is 19.3 Å². The Balaban J connectivity index is 2.01. The fourth-order valence-electron chi connectivity index (χ4n) is 2.87. The Morgan fingerprint density at radius 1 is 1.36 bits per heavy atom. The van der Waals surface area contributed by atoms with Crippen LogP contribution in [0.3, 0.4) is 0 Å². The molecule has 0 saturated carbocycles. The van der Waals surface area contributed by atoms with Crippen LogP contribution in [0.4, 0.5) is 0 Å². The van der Waals surface area contributed by atoms with E-state index < -0.39 is 10.0 Å². The van der Waals surface area contributed by atoms with Gasteiger partial charge in [0.25, 0.3) is 0 Å². The first-order chi connectivity index (χ1) is 10.4. The molecule has 6 heteroatoms. The molecule has 0 bridgehead atoms. The van der Waals surface area contributed by atoms with Gasteiger partial charge in [0.15, 0.2) is 0 Å². The van der Waals surface area contributed by atoms with Crippen LogP contribution in [0.2, 0.25) is 0 Å². The van der Waals surface area contributed by atoms with Gasteiger partial charge in [0, 0.05) is 17.5 Å². The zero-order valence-corrected chi connectivity index (χ0v) is 14.0. The molecule has 0 fully saturated rings. The maximum absolute atomic E-state index is 12.9. The summed E-state index contributed by atoms with van der Waals surface area (Å²) in [4.78, 5) is 1.53. The number of sulfonamides is 1. The molecular formula is C16H16N2O2S2. The maximum atomic E-state index is 12.9. The van der Waals surface area contributed by atoms with Crippen LogP contribution in [0.1, 0.15) is 34.5 Å². The highest BCUT2D eigenvalue weighted by Gasteiger charge is 2.34. The molecule has 0 saturated heterocycles. The van der Waals surface area contributed by atoms with Gasteiger partial charge in [-0.3, -0.25) is 0 Å². The number of fused-ring (bicyclic) bond motifs is 1. The molecule has 1 aliphatic rings. The van der Waals surface area contributed by atoms with E-state index in [2.05, 4.69) is 6.07 Å². The van der Waals surface area contributed by atoms with E-state index >= 15 is 0 Å². The molecule has 0 spiro atoms. The molecule has 2 aromatic rings. The predicted molar refractivity (Wildman–Crippen MR) is 86.2 cm³/mol. The normalized spacial score (nSPS) is 18.7. The van der Waals surface area contributed by atoms with Crippen molar-refractivity contribution in [1.29, 1.82) is 5.26 Å². The molecule has 2 heterocycles. The zero-order chi connectivity index (χ0) is 15.9. The molecule has 0 aliphatic carbocycles. The molecule has 0 radical (unpaired) electrons. The molecule has 1 aliphatic heterocycles. The molecule has 0 N–H and O–H groups in total. The molecule has 1 aromatic carbocycles. The van der Waals surface area contributed by atoms with Crippen molar-refractivity contribution in [2.75, 3.05) is 6.54 Å². The van der Waals surface area contributed by atoms with Gasteiger partial charge in [0.05, 0.1) is 16.5 Å². The van der Waals surface area contributed by atoms with Crippen LogP contribution in [0.15, 0.2) is 34.5 Å². The second kappa shape index (κ2) is 5.51. The molecule has 1 aromatic heterocycles. The van der Waals surface area contributed by atoms with E-state index in [0.29, 0.717) is 17.7 Å². The number of aryl methyl sites for hydroxylation is 1. The van der Waals surface area contributed by atoms with E-state index in [1.165, 1.54) is 10.9 Å². The lowest BCUT2D eigenvalue weighted by Crippen LogP contribution is -2.38. The topological polar surface area (TPSA) is 61.2 Å². The third-order valence-electron chi connectivity index (χ3n) is 4.15. The van der Waals surface area contributed by atoms with Crippen molar-refractivity contribution in [3.63, 3.8) is 0 Å². The summed E-state index contributed by atoms with van der Waals surface area (Å²) in [6, 6.07) is 8.61. The summed E-state index contributed by atoms with van der Waals surface area (Å²) in [5, 5.41) is 11.0. The molecular weight excluding hydrogens is 316 g/mol. The van der Waals surface area contributed by atoms with Crippen molar-refractivity contribution >= 4 is 21.4 Å². The number of benzene rings is 1. The van der Waals surface area contributed by atoms with Crippen LogP contribution in [-0.2, 0) is 16.4 Å². The second-order valence-electron chi connectivity index (χ2n) is 5.43. The molecule has 22 heavy (non-hydrogen) atoms. The summed E-state index contributed by atoms with van der Waals surface area (Å²) < 4.78 is 27.4. The molecule has 0 amide bonds. The van der Waals surface area contributed by atoms with Gasteiger partial charge < -0.3 is 0 Å². The Morgan fingerprint density at radius 3 is 2.82 bits per heavy atom. The fraction of sp³-hybridized carbons (Fsp3) is 0.312. The minimum atomic E-state index is -3.55. The summed E-state index contributed by atoms with van der Waals surface area (Å²) in [5.41, 5.74) is 2.29. The molecule has 1 unspecified atom stereocenters. The maximum Gasteiger partial charge on any atom is 0.243 e. The van der Waals surface area contributed by atoms with Gasteiger partial charge in [-0.25, -0.2) is 8.42 Å². The van der Waals surface area contributed by atoms with Crippen molar-refractivity contribution in [3.05, 3.63) is 51.2 Å². The third-order valence-corrected chi connectivity index (χ3v) is 7.11. The standard InChI is InChI=1S/C16H16N2O2S2/c1-11-9-14(4-3-13(11)10-17)22(19,20)18-7-5-16-15(12(18)2)6-8-21-16/h3-4,6,8-9,12H,5,7H2,1-2H3. The summed E-state index contributed by atoms with van der Waals surface area (Å²) in [6.45, 7) is 4.18. The Hall–Kier alpha value is -1.68. The van der Waals surface area contributed by atoms with Crippen molar-refractivity contribution in [2.24, 2.45) is 0 Å². The van der Waals surface area contributed by atoms with E-state index in [9.17, 15) is 8.42 Å². The number of thiophene rings is 1. The lowest BCUT2D eigenvalue weighted by molar-refractivity contribution is 0.329. The monoisotopic (exact) mass is 332 g/mol. The van der Waals surface area contributed by atoms with Crippen molar-refractivity contribution in [2.45, 2.75) is 31.2 Å². The summed E-state index contributed by atoms with van der Waals surface area (Å²) in [5.74, 6) is 0. The third kappa shape index (κ3) is 2.35. The Labute approximate surface area is 134 Å². The van der Waals surface area contributed by atoms with Gasteiger partial charge in [0.2, 0.25) is 10.0 Å². The Kier molecular flexibility index (Phi) is 3.81. The van der Waals surface area contributed by atoms with E-state index in [0.717, 1.165) is 12.0 Å². The molecule has 4 nitrogen and oxygen atoms in total. The quantitative estimate of drug-likeness (QED) is 0.848. The lowest BCUT2D eigenvalue weighted by Gasteiger charge is -2.32. The number of nitrogens with zero attached hydrogens (tertiary/aromatic N) is 2. The van der Waals surface area contributed by atoms with Crippen LogP contribution >= 0.6 is 11.3 Å². The fourth-order valence-corrected chi connectivity index (χ4v) is 5.53. The van der Waals surface area contributed by atoms with Crippen LogP contribution in [0, 0.1) is 18.3 Å². The van der Waals surface area contributed by atoms with E-state index in [4.69, 9.17) is 5.26 Å². The van der Waals surface area contributed by atoms with Crippen LogP contribution < -0.4 is 0 Å². The van der Waals surface area contributed by atoms with E-state index in [1.807, 2.05) is 18.4 Å². The lowest BCUT2D eigenvalue weighted by atomic mass is 10.0. The first kappa shape index (κ1) is 15.2. The Bertz CT molecular complexity index is 863. The highest BCUT2D eigenvalue weighted by Crippen LogP contribution is 2.36. The van der Waals surface area contributed by atoms with Crippen molar-refractivity contribution < 1.29 is 8.42 Å². The number of hydrogen-bond donors (Lipinski definition) is 0. The van der Waals surface area contributed by atoms with Gasteiger partial charge in [-0.1, -0.05) is 0 Å². The Morgan fingerprint density at radius 2 is 2.14 bits per heavy atom. The smallest absolute Gasteiger partial charge is 0.207 e. The minimum Gasteiger partial charge on any atom is -0.207 e. The van der Waals surface area contributed by atoms with E-state index in [1.54, 1.807) is 34.7 Å². The van der Waals surface area contributed by atoms with Gasteiger partial charge in [-0.15, -0.1) is 11.3 Å². The SMILES string of the molecule is Cc1cc(S(=O)(=O)N2CCc3sccc3C2C)ccc1C#N. The van der Waals surface area contributed by atoms with Gasteiger partial charge in [-0.2, -0.15) is 9.57 Å². The number of hydrogen-bond acceptors (Lipinski definition) is 4. The predicted octanol–water partition coefficient (Wildman–Crippen LogP) is 3.24. The average molecular weight is 332 g/mol. The van der Waals surface area contributed by atoms with Gasteiger partial charge >= 0.3 is 0 Å². The first-order valence-corrected chi connectivity index (χ1v) is 9.36. The van der Waals surface area contributed by atoms with E-state index in [-0.39, 0.29) is 10.9 Å². The largest absolute Gasteiger partial charge is 0.243 e. The number of nitriles is 1. The van der Waals surface area contributed by atoms with Gasteiger partial charge in [-0.05, 0) is 61.0 Å². The zero-order valence-electron chi connectivity index (χ0n) is 12.4. The molecule has 3 rings (SSSR count). The molecule has 1 atom stereocenters. The second-order valence-corrected chi connectivity index (χ2v) is 8.32. The highest BCUT2D eigenvalue weighted by molar-refractivity contribution is 7.89. The highest BCUT2D eigenvalue weighted by atomic mass is 32.2. The van der Waals surface area contributed by atoms with Crippen LogP contribution in [0.5, 0.6) is 0 Å². The van der Waals surface area contributed by atoms with Gasteiger partial charge in [0.1, 0.15) is 0 Å². The average Bonchev–Trinajstić information content (AvgIpc) is 2.96. The first-order valence-electron chi connectivity index (χ1n) is 7.04. The van der Waals surface area contributed by atoms with Crippen molar-refractivity contribution in [1.82, 2.24) is 4.31 Å². The minimum absolute atomic E-state index is 0.157. The van der Waals surface area contributed by atoms with Crippen LogP contribution in [0.25, 0.3) is 0 Å². The summed E-state index contributed by atoms with van der Waals surface area (Å²) in [6.07, 6.45) is 0.756. The summed E-state index contributed by atoms with van der Waals surface area (Å²) >= 11 is 1.69. The van der Waals surface area contributed by atoms with Crippen molar-refractivity contribution in [3.8, 4) is 6.07 Å². The summed E-state index contributed by atoms with van der Waals surface area (Å²) in [7, 11) is -3.55. The number of rotatable bonds is 2.